The third-order valence-electron chi connectivity index (χ3n) is 4.83. The number of ether oxygens (including phenoxy) is 2. The summed E-state index contributed by atoms with van der Waals surface area (Å²) in [4.78, 5) is 13.6. The van der Waals surface area contributed by atoms with E-state index in [0.29, 0.717) is 12.8 Å². The highest BCUT2D eigenvalue weighted by Crippen LogP contribution is 2.39. The number of rotatable bonds is 6. The van der Waals surface area contributed by atoms with Gasteiger partial charge in [-0.2, -0.15) is 11.3 Å². The van der Waals surface area contributed by atoms with E-state index in [1.165, 1.54) is 5.56 Å². The molecule has 1 saturated heterocycles. The fourth-order valence-corrected chi connectivity index (χ4v) is 4.15. The molecule has 2 aromatic rings. The Kier molecular flexibility index (Phi) is 5.60. The molecule has 25 heavy (non-hydrogen) atoms. The zero-order valence-corrected chi connectivity index (χ0v) is 15.3. The van der Waals surface area contributed by atoms with Crippen LogP contribution < -0.4 is 9.47 Å². The molecule has 1 unspecified atom stereocenters. The van der Waals surface area contributed by atoms with Crippen molar-refractivity contribution in [2.24, 2.45) is 5.92 Å². The topological polar surface area (TPSA) is 59.0 Å². The zero-order valence-electron chi connectivity index (χ0n) is 14.5. The van der Waals surface area contributed by atoms with Crippen LogP contribution in [0.4, 0.5) is 0 Å². The van der Waals surface area contributed by atoms with Crippen molar-refractivity contribution in [3.05, 3.63) is 46.2 Å². The maximum Gasteiger partial charge on any atom is 0.306 e. The second-order valence-electron chi connectivity index (χ2n) is 6.22. The molecule has 3 rings (SSSR count). The number of thiophene rings is 1. The van der Waals surface area contributed by atoms with Gasteiger partial charge in [-0.15, -0.1) is 0 Å². The van der Waals surface area contributed by atoms with Gasteiger partial charge >= 0.3 is 5.97 Å². The van der Waals surface area contributed by atoms with E-state index in [1.54, 1.807) is 25.6 Å². The lowest BCUT2D eigenvalue weighted by molar-refractivity contribution is -0.143. The lowest BCUT2D eigenvalue weighted by atomic mass is 9.92. The Morgan fingerprint density at radius 2 is 2.00 bits per heavy atom. The minimum atomic E-state index is -0.689. The molecular weight excluding hydrogens is 338 g/mol. The Balaban J connectivity index is 1.96. The Morgan fingerprint density at radius 1 is 1.24 bits per heavy atom. The number of likely N-dealkylation sites (tertiary alicyclic amines) is 1. The predicted octanol–water partition coefficient (Wildman–Crippen LogP) is 3.65. The maximum atomic E-state index is 11.3. The Labute approximate surface area is 151 Å². The minimum absolute atomic E-state index is 0.0334. The van der Waals surface area contributed by atoms with Crippen molar-refractivity contribution >= 4 is 17.3 Å². The summed E-state index contributed by atoms with van der Waals surface area (Å²) in [6.07, 6.45) is 1.34. The van der Waals surface area contributed by atoms with Gasteiger partial charge in [0, 0.05) is 5.56 Å². The Bertz CT molecular complexity index is 708. The van der Waals surface area contributed by atoms with Crippen LogP contribution in [-0.4, -0.2) is 43.3 Å². The molecule has 1 fully saturated rings. The van der Waals surface area contributed by atoms with Crippen molar-refractivity contribution in [1.29, 1.82) is 0 Å². The summed E-state index contributed by atoms with van der Waals surface area (Å²) < 4.78 is 11.0. The standard InChI is InChI=1S/C19H23NO4S/c1-23-15-3-4-17(24-2)16(11-15)18(14-7-10-25-12-14)20-8-5-13(6-9-20)19(21)22/h3-4,7,10-13,18H,5-6,8-9H2,1-2H3,(H,21,22). The largest absolute Gasteiger partial charge is 0.497 e. The summed E-state index contributed by atoms with van der Waals surface area (Å²) in [6, 6.07) is 7.99. The SMILES string of the molecule is COc1ccc(OC)c(C(c2ccsc2)N2CCC(C(=O)O)CC2)c1. The number of hydrogen-bond donors (Lipinski definition) is 1. The van der Waals surface area contributed by atoms with E-state index in [-0.39, 0.29) is 12.0 Å². The van der Waals surface area contributed by atoms with E-state index in [4.69, 9.17) is 9.47 Å². The van der Waals surface area contributed by atoms with Crippen LogP contribution in [0.2, 0.25) is 0 Å². The van der Waals surface area contributed by atoms with Gasteiger partial charge in [-0.3, -0.25) is 9.69 Å². The molecule has 6 heteroatoms. The lowest BCUT2D eigenvalue weighted by Gasteiger charge is -2.37. The van der Waals surface area contributed by atoms with Crippen LogP contribution in [0, 0.1) is 5.92 Å². The van der Waals surface area contributed by atoms with Gasteiger partial charge in [0.15, 0.2) is 0 Å². The summed E-state index contributed by atoms with van der Waals surface area (Å²) in [5.74, 6) is 0.672. The number of carboxylic acid groups (broad SMARTS) is 1. The molecule has 0 aliphatic carbocycles. The van der Waals surface area contributed by atoms with E-state index in [1.807, 2.05) is 18.2 Å². The second kappa shape index (κ2) is 7.89. The van der Waals surface area contributed by atoms with E-state index in [2.05, 4.69) is 21.7 Å². The smallest absolute Gasteiger partial charge is 0.306 e. The van der Waals surface area contributed by atoms with Crippen LogP contribution >= 0.6 is 11.3 Å². The van der Waals surface area contributed by atoms with Crippen LogP contribution in [0.25, 0.3) is 0 Å². The third-order valence-corrected chi connectivity index (χ3v) is 5.54. The monoisotopic (exact) mass is 361 g/mol. The number of piperidine rings is 1. The second-order valence-corrected chi connectivity index (χ2v) is 7.00. The van der Waals surface area contributed by atoms with E-state index in [0.717, 1.165) is 30.2 Å². The zero-order chi connectivity index (χ0) is 17.8. The van der Waals surface area contributed by atoms with Crippen molar-refractivity contribution in [3.63, 3.8) is 0 Å². The molecule has 0 bridgehead atoms. The molecule has 134 valence electrons. The Morgan fingerprint density at radius 3 is 2.56 bits per heavy atom. The summed E-state index contributed by atoms with van der Waals surface area (Å²) in [6.45, 7) is 1.50. The third kappa shape index (κ3) is 3.80. The quantitative estimate of drug-likeness (QED) is 0.851. The first-order chi connectivity index (χ1) is 12.1. The molecule has 1 aromatic heterocycles. The molecule has 0 saturated carbocycles. The fraction of sp³-hybridized carbons (Fsp3) is 0.421. The first-order valence-corrected chi connectivity index (χ1v) is 9.29. The molecule has 0 amide bonds. The van der Waals surface area contributed by atoms with Crippen LogP contribution in [0.5, 0.6) is 11.5 Å². The van der Waals surface area contributed by atoms with Crippen LogP contribution in [0.15, 0.2) is 35.0 Å². The Hall–Kier alpha value is -2.05. The number of carbonyl (C=O) groups is 1. The van der Waals surface area contributed by atoms with Crippen molar-refractivity contribution in [3.8, 4) is 11.5 Å². The first-order valence-electron chi connectivity index (χ1n) is 8.35. The van der Waals surface area contributed by atoms with Crippen molar-refractivity contribution in [1.82, 2.24) is 4.90 Å². The van der Waals surface area contributed by atoms with Crippen molar-refractivity contribution in [2.45, 2.75) is 18.9 Å². The maximum absolute atomic E-state index is 11.3. The molecule has 1 aromatic carbocycles. The lowest BCUT2D eigenvalue weighted by Crippen LogP contribution is -2.39. The summed E-state index contributed by atoms with van der Waals surface area (Å²) in [5.41, 5.74) is 2.25. The van der Waals surface area contributed by atoms with E-state index < -0.39 is 5.97 Å². The predicted molar refractivity (Wildman–Crippen MR) is 97.6 cm³/mol. The van der Waals surface area contributed by atoms with Gasteiger partial charge in [0.1, 0.15) is 11.5 Å². The average molecular weight is 361 g/mol. The van der Waals surface area contributed by atoms with Gasteiger partial charge < -0.3 is 14.6 Å². The van der Waals surface area contributed by atoms with Crippen molar-refractivity contribution < 1.29 is 19.4 Å². The summed E-state index contributed by atoms with van der Waals surface area (Å²) in [5, 5.41) is 13.5. The van der Waals surface area contributed by atoms with Crippen LogP contribution in [0.1, 0.15) is 30.0 Å². The number of methoxy groups -OCH3 is 2. The molecular formula is C19H23NO4S. The molecule has 2 heterocycles. The highest BCUT2D eigenvalue weighted by atomic mass is 32.1. The molecule has 0 radical (unpaired) electrons. The molecule has 1 aliphatic rings. The number of carboxylic acids is 1. The molecule has 1 N–H and O–H groups in total. The van der Waals surface area contributed by atoms with Gasteiger partial charge in [-0.25, -0.2) is 0 Å². The van der Waals surface area contributed by atoms with Crippen molar-refractivity contribution in [2.75, 3.05) is 27.3 Å². The van der Waals surface area contributed by atoms with Crippen LogP contribution in [-0.2, 0) is 4.79 Å². The number of nitrogens with zero attached hydrogens (tertiary/aromatic N) is 1. The van der Waals surface area contributed by atoms with Gasteiger partial charge in [0.25, 0.3) is 0 Å². The van der Waals surface area contributed by atoms with E-state index in [9.17, 15) is 9.90 Å². The normalized spacial score (nSPS) is 17.2. The fourth-order valence-electron chi connectivity index (χ4n) is 3.48. The number of benzene rings is 1. The molecule has 5 nitrogen and oxygen atoms in total. The number of aliphatic carboxylic acids is 1. The summed E-state index contributed by atoms with van der Waals surface area (Å²) >= 11 is 1.66. The highest BCUT2D eigenvalue weighted by molar-refractivity contribution is 7.08. The summed E-state index contributed by atoms with van der Waals surface area (Å²) in [7, 11) is 3.33. The molecule has 1 aliphatic heterocycles. The first kappa shape index (κ1) is 17.8. The molecule has 1 atom stereocenters. The van der Waals surface area contributed by atoms with Gasteiger partial charge in [-0.05, 0) is 66.5 Å². The highest BCUT2D eigenvalue weighted by Gasteiger charge is 2.32. The van der Waals surface area contributed by atoms with E-state index >= 15 is 0 Å². The minimum Gasteiger partial charge on any atom is -0.497 e. The number of hydrogen-bond acceptors (Lipinski definition) is 5. The van der Waals surface area contributed by atoms with Crippen LogP contribution in [0.3, 0.4) is 0 Å². The average Bonchev–Trinajstić information content (AvgIpc) is 3.16. The van der Waals surface area contributed by atoms with Gasteiger partial charge in [0.05, 0.1) is 26.2 Å². The van der Waals surface area contributed by atoms with Gasteiger partial charge in [-0.1, -0.05) is 0 Å². The van der Waals surface area contributed by atoms with Gasteiger partial charge in [0.2, 0.25) is 0 Å². The molecule has 0 spiro atoms.